The van der Waals surface area contributed by atoms with Crippen molar-refractivity contribution in [2.45, 2.75) is 26.8 Å². The van der Waals surface area contributed by atoms with E-state index in [0.717, 1.165) is 6.54 Å². The summed E-state index contributed by atoms with van der Waals surface area (Å²) in [6, 6.07) is 0.428. The third-order valence-electron chi connectivity index (χ3n) is 1.37. The molecule has 0 rings (SSSR count). The SMILES string of the molecule is CCN(C(=S)OC)C(C)C. The van der Waals surface area contributed by atoms with Crippen LogP contribution < -0.4 is 0 Å². The van der Waals surface area contributed by atoms with Gasteiger partial charge in [0.25, 0.3) is 5.17 Å². The average molecular weight is 161 g/mol. The molecule has 0 aliphatic carbocycles. The van der Waals surface area contributed by atoms with Crippen molar-refractivity contribution >= 4 is 17.4 Å². The fraction of sp³-hybridized carbons (Fsp3) is 0.857. The highest BCUT2D eigenvalue weighted by Crippen LogP contribution is 1.99. The highest BCUT2D eigenvalue weighted by atomic mass is 32.1. The van der Waals surface area contributed by atoms with E-state index in [-0.39, 0.29) is 0 Å². The molecule has 0 aromatic carbocycles. The van der Waals surface area contributed by atoms with Gasteiger partial charge in [0.05, 0.1) is 7.11 Å². The van der Waals surface area contributed by atoms with Crippen LogP contribution in [0.3, 0.4) is 0 Å². The molecule has 3 heteroatoms. The van der Waals surface area contributed by atoms with E-state index in [1.165, 1.54) is 0 Å². The Hall–Kier alpha value is -0.310. The van der Waals surface area contributed by atoms with Gasteiger partial charge in [0.1, 0.15) is 0 Å². The summed E-state index contributed by atoms with van der Waals surface area (Å²) in [5.74, 6) is 0. The topological polar surface area (TPSA) is 12.5 Å². The smallest absolute Gasteiger partial charge is 0.259 e. The molecule has 0 aliphatic rings. The first-order valence-electron chi connectivity index (χ1n) is 3.48. The van der Waals surface area contributed by atoms with E-state index in [0.29, 0.717) is 11.2 Å². The molecule has 0 N–H and O–H groups in total. The lowest BCUT2D eigenvalue weighted by atomic mass is 10.3. The summed E-state index contributed by atoms with van der Waals surface area (Å²) in [4.78, 5) is 2.02. The third-order valence-corrected chi connectivity index (χ3v) is 1.77. The summed E-state index contributed by atoms with van der Waals surface area (Å²) in [6.45, 7) is 7.15. The van der Waals surface area contributed by atoms with Crippen LogP contribution in [0.2, 0.25) is 0 Å². The second kappa shape index (κ2) is 4.50. The maximum absolute atomic E-state index is 4.96. The van der Waals surface area contributed by atoms with Crippen molar-refractivity contribution in [2.24, 2.45) is 0 Å². The Morgan fingerprint density at radius 3 is 2.20 bits per heavy atom. The monoisotopic (exact) mass is 161 g/mol. The quantitative estimate of drug-likeness (QED) is 0.571. The number of nitrogens with zero attached hydrogens (tertiary/aromatic N) is 1. The largest absolute Gasteiger partial charge is 0.474 e. The summed E-state index contributed by atoms with van der Waals surface area (Å²) in [5, 5.41) is 0.581. The molecule has 0 spiro atoms. The van der Waals surface area contributed by atoms with Crippen molar-refractivity contribution in [3.63, 3.8) is 0 Å². The van der Waals surface area contributed by atoms with Gasteiger partial charge in [0.2, 0.25) is 0 Å². The Labute approximate surface area is 68.2 Å². The van der Waals surface area contributed by atoms with E-state index < -0.39 is 0 Å². The van der Waals surface area contributed by atoms with Gasteiger partial charge in [-0.25, -0.2) is 0 Å². The molecule has 0 bridgehead atoms. The standard InChI is InChI=1S/C7H15NOS/c1-5-8(6(2)3)7(10)9-4/h6H,5H2,1-4H3. The van der Waals surface area contributed by atoms with Crippen LogP contribution in [0.5, 0.6) is 0 Å². The lowest BCUT2D eigenvalue weighted by Gasteiger charge is -2.25. The number of hydrogen-bond donors (Lipinski definition) is 0. The summed E-state index contributed by atoms with van der Waals surface area (Å²) in [5.41, 5.74) is 0. The Balaban J connectivity index is 3.93. The van der Waals surface area contributed by atoms with Crippen LogP contribution in [0.4, 0.5) is 0 Å². The highest BCUT2D eigenvalue weighted by Gasteiger charge is 2.09. The van der Waals surface area contributed by atoms with Gasteiger partial charge in [-0.05, 0) is 33.0 Å². The molecule has 0 saturated carbocycles. The van der Waals surface area contributed by atoms with E-state index in [4.69, 9.17) is 17.0 Å². The first-order valence-corrected chi connectivity index (χ1v) is 3.88. The van der Waals surface area contributed by atoms with Crippen LogP contribution >= 0.6 is 12.2 Å². The van der Waals surface area contributed by atoms with E-state index in [1.54, 1.807) is 7.11 Å². The third kappa shape index (κ3) is 2.52. The van der Waals surface area contributed by atoms with Crippen LogP contribution in [0.15, 0.2) is 0 Å². The molecule has 0 amide bonds. The maximum atomic E-state index is 4.96. The molecule has 0 aromatic heterocycles. The van der Waals surface area contributed by atoms with Gasteiger partial charge < -0.3 is 9.64 Å². The van der Waals surface area contributed by atoms with Crippen molar-refractivity contribution in [3.05, 3.63) is 0 Å². The molecule has 0 radical (unpaired) electrons. The number of methoxy groups -OCH3 is 1. The highest BCUT2D eigenvalue weighted by molar-refractivity contribution is 7.80. The molecule has 2 nitrogen and oxygen atoms in total. The molecule has 0 heterocycles. The number of hydrogen-bond acceptors (Lipinski definition) is 2. The van der Waals surface area contributed by atoms with Crippen LogP contribution in [0.25, 0.3) is 0 Å². The first-order chi connectivity index (χ1) is 4.63. The molecule has 0 atom stereocenters. The van der Waals surface area contributed by atoms with Crippen molar-refractivity contribution in [3.8, 4) is 0 Å². The number of rotatable bonds is 2. The van der Waals surface area contributed by atoms with Crippen LogP contribution in [-0.2, 0) is 4.74 Å². The lowest BCUT2D eigenvalue weighted by Crippen LogP contribution is -2.36. The van der Waals surface area contributed by atoms with Crippen molar-refractivity contribution in [1.82, 2.24) is 4.90 Å². The Morgan fingerprint density at radius 2 is 2.10 bits per heavy atom. The minimum Gasteiger partial charge on any atom is -0.474 e. The lowest BCUT2D eigenvalue weighted by molar-refractivity contribution is 0.269. The second-order valence-electron chi connectivity index (χ2n) is 2.35. The summed E-state index contributed by atoms with van der Waals surface area (Å²) in [7, 11) is 1.60. The molecule has 60 valence electrons. The molecule has 0 aliphatic heterocycles. The minimum atomic E-state index is 0.428. The maximum Gasteiger partial charge on any atom is 0.259 e. The molecular weight excluding hydrogens is 146 g/mol. The predicted octanol–water partition coefficient (Wildman–Crippen LogP) is 1.65. The Kier molecular flexibility index (Phi) is 4.36. The van der Waals surface area contributed by atoms with E-state index >= 15 is 0 Å². The molecule has 0 unspecified atom stereocenters. The number of thiocarbonyl (C=S) groups is 1. The molecule has 0 saturated heterocycles. The van der Waals surface area contributed by atoms with Gasteiger partial charge in [0.15, 0.2) is 0 Å². The normalized spacial score (nSPS) is 9.70. The van der Waals surface area contributed by atoms with Crippen molar-refractivity contribution < 1.29 is 4.74 Å². The van der Waals surface area contributed by atoms with Gasteiger partial charge >= 0.3 is 0 Å². The average Bonchev–Trinajstić information content (AvgIpc) is 1.88. The van der Waals surface area contributed by atoms with Gasteiger partial charge in [-0.15, -0.1) is 0 Å². The molecular formula is C7H15NOS. The van der Waals surface area contributed by atoms with Gasteiger partial charge in [-0.3, -0.25) is 0 Å². The zero-order chi connectivity index (χ0) is 8.15. The molecule has 0 fully saturated rings. The second-order valence-corrected chi connectivity index (χ2v) is 2.70. The van der Waals surface area contributed by atoms with Crippen LogP contribution in [0, 0.1) is 0 Å². The zero-order valence-electron chi connectivity index (χ0n) is 7.05. The van der Waals surface area contributed by atoms with Gasteiger partial charge in [0, 0.05) is 12.6 Å². The van der Waals surface area contributed by atoms with Gasteiger partial charge in [-0.2, -0.15) is 0 Å². The molecule has 0 aromatic rings. The first kappa shape index (κ1) is 9.69. The van der Waals surface area contributed by atoms with Crippen LogP contribution in [0.1, 0.15) is 20.8 Å². The fourth-order valence-electron chi connectivity index (χ4n) is 0.822. The summed E-state index contributed by atoms with van der Waals surface area (Å²) < 4.78 is 4.92. The van der Waals surface area contributed by atoms with Crippen molar-refractivity contribution in [1.29, 1.82) is 0 Å². The van der Waals surface area contributed by atoms with E-state index in [1.807, 2.05) is 4.90 Å². The number of ether oxygens (including phenoxy) is 1. The van der Waals surface area contributed by atoms with E-state index in [9.17, 15) is 0 Å². The van der Waals surface area contributed by atoms with Gasteiger partial charge in [-0.1, -0.05) is 0 Å². The Bertz CT molecular complexity index is 114. The summed E-state index contributed by atoms with van der Waals surface area (Å²) >= 11 is 4.96. The zero-order valence-corrected chi connectivity index (χ0v) is 7.86. The van der Waals surface area contributed by atoms with E-state index in [2.05, 4.69) is 20.8 Å². The predicted molar refractivity (Wildman–Crippen MR) is 47.1 cm³/mol. The summed E-state index contributed by atoms with van der Waals surface area (Å²) in [6.07, 6.45) is 0. The minimum absolute atomic E-state index is 0.428. The Morgan fingerprint density at radius 1 is 1.60 bits per heavy atom. The van der Waals surface area contributed by atoms with Crippen molar-refractivity contribution in [2.75, 3.05) is 13.7 Å². The fourth-order valence-corrected chi connectivity index (χ4v) is 1.16. The van der Waals surface area contributed by atoms with Crippen LogP contribution in [-0.4, -0.2) is 29.8 Å². The molecule has 10 heavy (non-hydrogen) atoms.